The van der Waals surface area contributed by atoms with Gasteiger partial charge in [-0.05, 0) is 19.4 Å². The Labute approximate surface area is 117 Å². The van der Waals surface area contributed by atoms with Gasteiger partial charge in [-0.2, -0.15) is 0 Å². The Morgan fingerprint density at radius 1 is 1.16 bits per heavy atom. The van der Waals surface area contributed by atoms with Gasteiger partial charge in [0.1, 0.15) is 0 Å². The summed E-state index contributed by atoms with van der Waals surface area (Å²) in [5.41, 5.74) is 1.32. The average Bonchev–Trinajstić information content (AvgIpc) is 2.41. The highest BCUT2D eigenvalue weighted by molar-refractivity contribution is 5.78. The molecule has 0 unspecified atom stereocenters. The molecule has 3 heteroatoms. The molecule has 0 aliphatic heterocycles. The second kappa shape index (κ2) is 7.29. The van der Waals surface area contributed by atoms with Gasteiger partial charge in [0, 0.05) is 25.0 Å². The van der Waals surface area contributed by atoms with E-state index in [1.807, 2.05) is 24.8 Å². The fraction of sp³-hybridized carbons (Fsp3) is 0.562. The first-order chi connectivity index (χ1) is 9.01. The molecule has 1 N–H and O–H groups in total. The third kappa shape index (κ3) is 4.67. The zero-order valence-electron chi connectivity index (χ0n) is 12.6. The SMILES string of the molecule is CCN(CC)C(=O)CNCC(C)(C)c1ccccc1. The standard InChI is InChI=1S/C16H26N2O/c1-5-18(6-2)15(19)12-17-13-16(3,4)14-10-8-7-9-11-14/h7-11,17H,5-6,12-13H2,1-4H3. The van der Waals surface area contributed by atoms with E-state index in [0.717, 1.165) is 19.6 Å². The van der Waals surface area contributed by atoms with E-state index in [1.54, 1.807) is 0 Å². The van der Waals surface area contributed by atoms with E-state index in [4.69, 9.17) is 0 Å². The third-order valence-corrected chi connectivity index (χ3v) is 3.51. The van der Waals surface area contributed by atoms with E-state index >= 15 is 0 Å². The minimum Gasteiger partial charge on any atom is -0.342 e. The topological polar surface area (TPSA) is 32.3 Å². The lowest BCUT2D eigenvalue weighted by molar-refractivity contribution is -0.129. The molecule has 0 spiro atoms. The number of hydrogen-bond acceptors (Lipinski definition) is 2. The fourth-order valence-electron chi connectivity index (χ4n) is 2.16. The van der Waals surface area contributed by atoms with Crippen molar-refractivity contribution in [3.05, 3.63) is 35.9 Å². The summed E-state index contributed by atoms with van der Waals surface area (Å²) in [4.78, 5) is 13.7. The maximum absolute atomic E-state index is 11.9. The van der Waals surface area contributed by atoms with E-state index in [9.17, 15) is 4.79 Å². The van der Waals surface area contributed by atoms with Crippen molar-refractivity contribution in [2.45, 2.75) is 33.1 Å². The molecule has 0 fully saturated rings. The molecule has 0 atom stereocenters. The molecule has 0 aliphatic rings. The predicted molar refractivity (Wildman–Crippen MR) is 80.3 cm³/mol. The number of carbonyl (C=O) groups is 1. The van der Waals surface area contributed by atoms with Gasteiger partial charge in [-0.25, -0.2) is 0 Å². The van der Waals surface area contributed by atoms with Crippen LogP contribution in [0.3, 0.4) is 0 Å². The van der Waals surface area contributed by atoms with Crippen LogP contribution in [0.1, 0.15) is 33.3 Å². The first-order valence-electron chi connectivity index (χ1n) is 7.05. The monoisotopic (exact) mass is 262 g/mol. The van der Waals surface area contributed by atoms with Gasteiger partial charge >= 0.3 is 0 Å². The maximum Gasteiger partial charge on any atom is 0.236 e. The Morgan fingerprint density at radius 2 is 1.74 bits per heavy atom. The highest BCUT2D eigenvalue weighted by atomic mass is 16.2. The first kappa shape index (κ1) is 15.7. The van der Waals surface area contributed by atoms with E-state index in [2.05, 4.69) is 43.4 Å². The van der Waals surface area contributed by atoms with Crippen LogP contribution >= 0.6 is 0 Å². The molecule has 3 nitrogen and oxygen atoms in total. The largest absolute Gasteiger partial charge is 0.342 e. The Hall–Kier alpha value is -1.35. The molecule has 0 aliphatic carbocycles. The van der Waals surface area contributed by atoms with E-state index in [0.29, 0.717) is 6.54 Å². The summed E-state index contributed by atoms with van der Waals surface area (Å²) < 4.78 is 0. The Kier molecular flexibility index (Phi) is 6.03. The van der Waals surface area contributed by atoms with Crippen LogP contribution in [-0.2, 0) is 10.2 Å². The van der Waals surface area contributed by atoms with Crippen LogP contribution in [-0.4, -0.2) is 37.0 Å². The van der Waals surface area contributed by atoms with Crippen LogP contribution in [0.2, 0.25) is 0 Å². The molecule has 1 rings (SSSR count). The van der Waals surface area contributed by atoms with Crippen LogP contribution < -0.4 is 5.32 Å². The molecule has 0 radical (unpaired) electrons. The number of likely N-dealkylation sites (N-methyl/N-ethyl adjacent to an activating group) is 1. The summed E-state index contributed by atoms with van der Waals surface area (Å²) in [5.74, 6) is 0.175. The average molecular weight is 262 g/mol. The molecule has 0 saturated carbocycles. The van der Waals surface area contributed by atoms with E-state index in [1.165, 1.54) is 5.56 Å². The molecule has 0 heterocycles. The second-order valence-electron chi connectivity index (χ2n) is 5.42. The zero-order valence-corrected chi connectivity index (χ0v) is 12.6. The molecular formula is C16H26N2O. The van der Waals surface area contributed by atoms with Gasteiger partial charge < -0.3 is 10.2 Å². The van der Waals surface area contributed by atoms with Crippen molar-refractivity contribution in [3.8, 4) is 0 Å². The summed E-state index contributed by atoms with van der Waals surface area (Å²) >= 11 is 0. The molecule has 1 aromatic carbocycles. The van der Waals surface area contributed by atoms with Crippen LogP contribution in [0.15, 0.2) is 30.3 Å². The fourth-order valence-corrected chi connectivity index (χ4v) is 2.16. The molecule has 0 bridgehead atoms. The van der Waals surface area contributed by atoms with Crippen LogP contribution in [0.4, 0.5) is 0 Å². The van der Waals surface area contributed by atoms with Crippen LogP contribution in [0, 0.1) is 0 Å². The molecular weight excluding hydrogens is 236 g/mol. The van der Waals surface area contributed by atoms with Gasteiger partial charge in [0.2, 0.25) is 5.91 Å². The van der Waals surface area contributed by atoms with Gasteiger partial charge in [0.05, 0.1) is 6.54 Å². The minimum absolute atomic E-state index is 0.0325. The number of amides is 1. The smallest absolute Gasteiger partial charge is 0.236 e. The maximum atomic E-state index is 11.9. The van der Waals surface area contributed by atoms with E-state index < -0.39 is 0 Å². The van der Waals surface area contributed by atoms with E-state index in [-0.39, 0.29) is 11.3 Å². The zero-order chi connectivity index (χ0) is 14.3. The van der Waals surface area contributed by atoms with Gasteiger partial charge in [0.25, 0.3) is 0 Å². The number of nitrogens with zero attached hydrogens (tertiary/aromatic N) is 1. The van der Waals surface area contributed by atoms with Crippen molar-refractivity contribution >= 4 is 5.91 Å². The highest BCUT2D eigenvalue weighted by Gasteiger charge is 2.20. The van der Waals surface area contributed by atoms with Crippen molar-refractivity contribution in [2.24, 2.45) is 0 Å². The van der Waals surface area contributed by atoms with Gasteiger partial charge in [0.15, 0.2) is 0 Å². The molecule has 1 amide bonds. The Bertz CT molecular complexity index is 383. The van der Waals surface area contributed by atoms with Crippen molar-refractivity contribution in [3.63, 3.8) is 0 Å². The van der Waals surface area contributed by atoms with Crippen molar-refractivity contribution in [1.29, 1.82) is 0 Å². The second-order valence-corrected chi connectivity index (χ2v) is 5.42. The first-order valence-corrected chi connectivity index (χ1v) is 7.05. The lowest BCUT2D eigenvalue weighted by Crippen LogP contribution is -2.41. The molecule has 19 heavy (non-hydrogen) atoms. The summed E-state index contributed by atoms with van der Waals surface area (Å²) in [7, 11) is 0. The third-order valence-electron chi connectivity index (χ3n) is 3.51. The number of nitrogens with one attached hydrogen (secondary N) is 1. The van der Waals surface area contributed by atoms with Crippen LogP contribution in [0.5, 0.6) is 0 Å². The van der Waals surface area contributed by atoms with Crippen molar-refractivity contribution in [1.82, 2.24) is 10.2 Å². The lowest BCUT2D eigenvalue weighted by atomic mass is 9.84. The van der Waals surface area contributed by atoms with Crippen molar-refractivity contribution < 1.29 is 4.79 Å². The van der Waals surface area contributed by atoms with Gasteiger partial charge in [-0.15, -0.1) is 0 Å². The molecule has 0 aromatic heterocycles. The van der Waals surface area contributed by atoms with Crippen molar-refractivity contribution in [2.75, 3.05) is 26.2 Å². The number of rotatable bonds is 7. The van der Waals surface area contributed by atoms with Gasteiger partial charge in [-0.1, -0.05) is 44.2 Å². The summed E-state index contributed by atoms with van der Waals surface area (Å²) in [5, 5.41) is 3.28. The summed E-state index contributed by atoms with van der Waals surface area (Å²) in [6.07, 6.45) is 0. The molecule has 0 saturated heterocycles. The van der Waals surface area contributed by atoms with Gasteiger partial charge in [-0.3, -0.25) is 4.79 Å². The summed E-state index contributed by atoms with van der Waals surface area (Å²) in [6.45, 7) is 11.2. The summed E-state index contributed by atoms with van der Waals surface area (Å²) in [6, 6.07) is 10.4. The highest BCUT2D eigenvalue weighted by Crippen LogP contribution is 2.21. The lowest BCUT2D eigenvalue weighted by Gasteiger charge is -2.26. The Balaban J connectivity index is 2.46. The quantitative estimate of drug-likeness (QED) is 0.818. The molecule has 106 valence electrons. The Morgan fingerprint density at radius 3 is 2.26 bits per heavy atom. The predicted octanol–water partition coefficient (Wildman–Crippen LogP) is 2.42. The normalized spacial score (nSPS) is 11.4. The molecule has 1 aromatic rings. The number of benzene rings is 1. The minimum atomic E-state index is 0.0325. The number of carbonyl (C=O) groups excluding carboxylic acids is 1. The van der Waals surface area contributed by atoms with Crippen LogP contribution in [0.25, 0.3) is 0 Å². The number of hydrogen-bond donors (Lipinski definition) is 1.